The number of aryl methyl sites for hydroxylation is 2. The van der Waals surface area contributed by atoms with Crippen molar-refractivity contribution in [3.05, 3.63) is 15.6 Å². The van der Waals surface area contributed by atoms with E-state index in [1.54, 1.807) is 7.05 Å². The van der Waals surface area contributed by atoms with Gasteiger partial charge in [-0.05, 0) is 40.3 Å². The lowest BCUT2D eigenvalue weighted by atomic mass is 10.2. The highest BCUT2D eigenvalue weighted by molar-refractivity contribution is 7.87. The van der Waals surface area contributed by atoms with Crippen LogP contribution in [0.4, 0.5) is 0 Å². The molecule has 0 fully saturated rings. The zero-order valence-electron chi connectivity index (χ0n) is 13.4. The molecule has 21 heavy (non-hydrogen) atoms. The Morgan fingerprint density at radius 1 is 1.38 bits per heavy atom. The van der Waals surface area contributed by atoms with E-state index >= 15 is 0 Å². The molecule has 122 valence electrons. The first-order valence-electron chi connectivity index (χ1n) is 7.16. The molecule has 0 spiro atoms. The van der Waals surface area contributed by atoms with E-state index in [0.717, 1.165) is 35.1 Å². The van der Waals surface area contributed by atoms with E-state index in [-0.39, 0.29) is 6.04 Å². The summed E-state index contributed by atoms with van der Waals surface area (Å²) >= 11 is 1.53. The van der Waals surface area contributed by atoms with Gasteiger partial charge in [0.25, 0.3) is 10.2 Å². The summed E-state index contributed by atoms with van der Waals surface area (Å²) in [5.74, 6) is 0. The summed E-state index contributed by atoms with van der Waals surface area (Å²) < 4.78 is 28.6. The molecule has 0 amide bonds. The summed E-state index contributed by atoms with van der Waals surface area (Å²) in [6, 6.07) is -0.266. The first-order chi connectivity index (χ1) is 9.77. The fourth-order valence-corrected chi connectivity index (χ4v) is 4.16. The Kier molecular flexibility index (Phi) is 7.22. The predicted molar refractivity (Wildman–Crippen MR) is 87.8 cm³/mol. The molecule has 1 heterocycles. The summed E-state index contributed by atoms with van der Waals surface area (Å²) in [5.41, 5.74) is 0.891. The molecule has 1 unspecified atom stereocenters. The number of nitrogens with one attached hydrogen (secondary N) is 2. The Balaban J connectivity index is 2.60. The summed E-state index contributed by atoms with van der Waals surface area (Å²) in [5, 5.41) is 4.13. The number of rotatable bonds is 9. The molecule has 0 saturated carbocycles. The first kappa shape index (κ1) is 18.5. The van der Waals surface area contributed by atoms with Crippen molar-refractivity contribution < 1.29 is 8.42 Å². The van der Waals surface area contributed by atoms with Crippen molar-refractivity contribution in [2.45, 2.75) is 40.2 Å². The first-order valence-corrected chi connectivity index (χ1v) is 9.41. The van der Waals surface area contributed by atoms with Crippen LogP contribution in [0, 0.1) is 13.8 Å². The van der Waals surface area contributed by atoms with E-state index in [1.165, 1.54) is 15.6 Å². The average Bonchev–Trinajstić information content (AvgIpc) is 2.73. The third-order valence-electron chi connectivity index (χ3n) is 3.15. The zero-order chi connectivity index (χ0) is 16.0. The maximum Gasteiger partial charge on any atom is 0.279 e. The van der Waals surface area contributed by atoms with Gasteiger partial charge in [-0.1, -0.05) is 6.92 Å². The van der Waals surface area contributed by atoms with E-state index in [1.807, 2.05) is 27.7 Å². The highest BCUT2D eigenvalue weighted by Crippen LogP contribution is 2.25. The van der Waals surface area contributed by atoms with E-state index < -0.39 is 10.2 Å². The monoisotopic (exact) mass is 334 g/mol. The maximum atomic E-state index is 12.3. The second kappa shape index (κ2) is 8.19. The number of hydrogen-bond acceptors (Lipinski definition) is 5. The van der Waals surface area contributed by atoms with Crippen molar-refractivity contribution in [3.8, 4) is 0 Å². The molecule has 6 nitrogen and oxygen atoms in total. The minimum Gasteiger partial charge on any atom is -0.317 e. The highest BCUT2D eigenvalue weighted by atomic mass is 32.2. The lowest BCUT2D eigenvalue weighted by Crippen LogP contribution is -2.40. The van der Waals surface area contributed by atoms with Gasteiger partial charge >= 0.3 is 0 Å². The fourth-order valence-electron chi connectivity index (χ4n) is 2.04. The third-order valence-corrected chi connectivity index (χ3v) is 6.06. The molecule has 0 bridgehead atoms. The van der Waals surface area contributed by atoms with Crippen LogP contribution in [0.2, 0.25) is 0 Å². The van der Waals surface area contributed by atoms with Crippen LogP contribution in [-0.4, -0.2) is 44.4 Å². The minimum absolute atomic E-state index is 0.266. The number of aromatic nitrogens is 1. The summed E-state index contributed by atoms with van der Waals surface area (Å²) in [6.45, 7) is 9.93. The minimum atomic E-state index is -3.47. The maximum absolute atomic E-state index is 12.3. The van der Waals surface area contributed by atoms with Crippen LogP contribution in [0.25, 0.3) is 0 Å². The molecule has 1 aromatic heterocycles. The SMILES string of the molecule is CCNCCCN(C)S(=O)(=O)NC(C)c1sc(C)nc1C. The summed E-state index contributed by atoms with van der Waals surface area (Å²) in [6.07, 6.45) is 0.790. The van der Waals surface area contributed by atoms with Crippen LogP contribution in [0.1, 0.15) is 41.9 Å². The average molecular weight is 335 g/mol. The molecular weight excluding hydrogens is 308 g/mol. The van der Waals surface area contributed by atoms with Crippen LogP contribution in [-0.2, 0) is 10.2 Å². The van der Waals surface area contributed by atoms with Gasteiger partial charge in [-0.3, -0.25) is 0 Å². The van der Waals surface area contributed by atoms with E-state index in [9.17, 15) is 8.42 Å². The van der Waals surface area contributed by atoms with Crippen LogP contribution in [0.5, 0.6) is 0 Å². The second-order valence-corrected chi connectivity index (χ2v) is 8.10. The van der Waals surface area contributed by atoms with Gasteiger partial charge < -0.3 is 5.32 Å². The molecule has 1 atom stereocenters. The second-order valence-electron chi connectivity index (χ2n) is 5.06. The molecule has 0 saturated heterocycles. The van der Waals surface area contributed by atoms with Crippen molar-refractivity contribution in [1.82, 2.24) is 19.3 Å². The zero-order valence-corrected chi connectivity index (χ0v) is 15.1. The smallest absolute Gasteiger partial charge is 0.279 e. The molecule has 0 aliphatic carbocycles. The summed E-state index contributed by atoms with van der Waals surface area (Å²) in [4.78, 5) is 5.31. The van der Waals surface area contributed by atoms with Crippen molar-refractivity contribution in [2.24, 2.45) is 0 Å². The lowest BCUT2D eigenvalue weighted by molar-refractivity contribution is 0.440. The third kappa shape index (κ3) is 5.63. The standard InChI is InChI=1S/C13H26N4O2S2/c1-6-14-8-7-9-17(5)21(18,19)16-11(3)13-10(2)15-12(4)20-13/h11,14,16H,6-9H2,1-5H3. The van der Waals surface area contributed by atoms with Crippen molar-refractivity contribution in [3.63, 3.8) is 0 Å². The van der Waals surface area contributed by atoms with Gasteiger partial charge in [-0.15, -0.1) is 11.3 Å². The molecule has 0 aliphatic heterocycles. The molecule has 1 rings (SSSR count). The lowest BCUT2D eigenvalue weighted by Gasteiger charge is -2.20. The van der Waals surface area contributed by atoms with Crippen molar-refractivity contribution in [1.29, 1.82) is 0 Å². The van der Waals surface area contributed by atoms with Crippen LogP contribution in [0.15, 0.2) is 0 Å². The molecular formula is C13H26N4O2S2. The highest BCUT2D eigenvalue weighted by Gasteiger charge is 2.22. The van der Waals surface area contributed by atoms with Gasteiger partial charge in [0.15, 0.2) is 0 Å². The normalized spacial score (nSPS) is 13.8. The quantitative estimate of drug-likeness (QED) is 0.673. The van der Waals surface area contributed by atoms with E-state index in [0.29, 0.717) is 6.54 Å². The van der Waals surface area contributed by atoms with Crippen LogP contribution in [0.3, 0.4) is 0 Å². The van der Waals surface area contributed by atoms with Gasteiger partial charge in [-0.2, -0.15) is 17.4 Å². The number of hydrogen-bond donors (Lipinski definition) is 2. The van der Waals surface area contributed by atoms with Crippen molar-refractivity contribution >= 4 is 21.5 Å². The number of thiazole rings is 1. The van der Waals surface area contributed by atoms with Crippen LogP contribution < -0.4 is 10.0 Å². The Hall–Kier alpha value is -0.540. The van der Waals surface area contributed by atoms with E-state index in [2.05, 4.69) is 15.0 Å². The topological polar surface area (TPSA) is 74.3 Å². The molecule has 2 N–H and O–H groups in total. The predicted octanol–water partition coefficient (Wildman–Crippen LogP) is 1.59. The van der Waals surface area contributed by atoms with Crippen LogP contribution >= 0.6 is 11.3 Å². The van der Waals surface area contributed by atoms with Gasteiger partial charge in [0.2, 0.25) is 0 Å². The molecule has 0 radical (unpaired) electrons. The largest absolute Gasteiger partial charge is 0.317 e. The van der Waals surface area contributed by atoms with Gasteiger partial charge in [0, 0.05) is 18.5 Å². The number of nitrogens with zero attached hydrogens (tertiary/aromatic N) is 2. The van der Waals surface area contributed by atoms with Crippen molar-refractivity contribution in [2.75, 3.05) is 26.7 Å². The van der Waals surface area contributed by atoms with Gasteiger partial charge in [0.1, 0.15) is 0 Å². The Labute approximate surface area is 132 Å². The fraction of sp³-hybridized carbons (Fsp3) is 0.769. The molecule has 0 aliphatic rings. The van der Waals surface area contributed by atoms with E-state index in [4.69, 9.17) is 0 Å². The summed E-state index contributed by atoms with van der Waals surface area (Å²) in [7, 11) is -1.86. The van der Waals surface area contributed by atoms with Gasteiger partial charge in [-0.25, -0.2) is 4.98 Å². The molecule has 8 heteroatoms. The Morgan fingerprint density at radius 2 is 2.05 bits per heavy atom. The molecule has 1 aromatic rings. The Morgan fingerprint density at radius 3 is 2.57 bits per heavy atom. The Bertz CT molecular complexity index is 542. The molecule has 0 aromatic carbocycles. The van der Waals surface area contributed by atoms with Gasteiger partial charge in [0.05, 0.1) is 16.7 Å².